The predicted octanol–water partition coefficient (Wildman–Crippen LogP) is 5.05. The van der Waals surface area contributed by atoms with Crippen LogP contribution in [0.2, 0.25) is 0 Å². The third-order valence-corrected chi connectivity index (χ3v) is 3.72. The van der Waals surface area contributed by atoms with E-state index in [0.29, 0.717) is 5.41 Å². The van der Waals surface area contributed by atoms with Crippen molar-refractivity contribution in [1.82, 2.24) is 0 Å². The van der Waals surface area contributed by atoms with Crippen LogP contribution >= 0.6 is 0 Å². The Hall–Kier alpha value is -0.260. The average molecular weight is 196 g/mol. The molecule has 0 amide bonds. The summed E-state index contributed by atoms with van der Waals surface area (Å²) in [6.45, 7) is 15.6. The van der Waals surface area contributed by atoms with E-state index in [4.69, 9.17) is 0 Å². The molecule has 0 heterocycles. The topological polar surface area (TPSA) is 0 Å². The van der Waals surface area contributed by atoms with Gasteiger partial charge in [-0.05, 0) is 30.1 Å². The molecule has 0 fully saturated rings. The molecule has 0 aromatic rings. The minimum Gasteiger partial charge on any atom is -0.103 e. The number of hydrogen-bond acceptors (Lipinski definition) is 0. The zero-order chi connectivity index (χ0) is 11.2. The maximum Gasteiger partial charge on any atom is -0.0263 e. The maximum atomic E-state index is 3.90. The molecule has 0 aliphatic heterocycles. The number of allylic oxidation sites excluding steroid dienone is 1. The van der Waals surface area contributed by atoms with E-state index in [-0.39, 0.29) is 0 Å². The van der Waals surface area contributed by atoms with Gasteiger partial charge in [0.2, 0.25) is 0 Å². The van der Waals surface area contributed by atoms with E-state index in [1.807, 2.05) is 0 Å². The highest BCUT2D eigenvalue weighted by molar-refractivity contribution is 4.88. The molecule has 0 N–H and O–H groups in total. The highest BCUT2D eigenvalue weighted by Crippen LogP contribution is 2.42. The summed E-state index contributed by atoms with van der Waals surface area (Å²) in [4.78, 5) is 0. The van der Waals surface area contributed by atoms with Crippen LogP contribution in [0.15, 0.2) is 12.7 Å². The summed E-state index contributed by atoms with van der Waals surface area (Å²) < 4.78 is 0. The molecule has 0 bridgehead atoms. The van der Waals surface area contributed by atoms with Crippen molar-refractivity contribution >= 4 is 0 Å². The van der Waals surface area contributed by atoms with Gasteiger partial charge in [0.25, 0.3) is 0 Å². The molecule has 0 aliphatic rings. The van der Waals surface area contributed by atoms with Crippen LogP contribution < -0.4 is 0 Å². The lowest BCUT2D eigenvalue weighted by Crippen LogP contribution is -2.30. The molecule has 2 unspecified atom stereocenters. The quantitative estimate of drug-likeness (QED) is 0.500. The second kappa shape index (κ2) is 6.27. The van der Waals surface area contributed by atoms with Gasteiger partial charge in [-0.25, -0.2) is 0 Å². The van der Waals surface area contributed by atoms with Crippen LogP contribution in [-0.2, 0) is 0 Å². The van der Waals surface area contributed by atoms with E-state index in [1.165, 1.54) is 19.3 Å². The first-order valence-corrected chi connectivity index (χ1v) is 6.12. The van der Waals surface area contributed by atoms with Crippen molar-refractivity contribution in [1.29, 1.82) is 0 Å². The molecule has 0 aromatic heterocycles. The molecule has 0 spiro atoms. The van der Waals surface area contributed by atoms with E-state index in [1.54, 1.807) is 0 Å². The summed E-state index contributed by atoms with van der Waals surface area (Å²) in [6, 6.07) is 0. The number of rotatable bonds is 7. The molecule has 0 radical (unpaired) electrons. The Morgan fingerprint density at radius 3 is 2.14 bits per heavy atom. The zero-order valence-electron chi connectivity index (χ0n) is 10.8. The van der Waals surface area contributed by atoms with Crippen LogP contribution in [0.25, 0.3) is 0 Å². The summed E-state index contributed by atoms with van der Waals surface area (Å²) in [7, 11) is 0. The second-order valence-corrected chi connectivity index (χ2v) is 5.14. The summed E-state index contributed by atoms with van der Waals surface area (Å²) in [5, 5.41) is 0. The highest BCUT2D eigenvalue weighted by Gasteiger charge is 2.32. The standard InChI is InChI=1S/C14H28/c1-7-10-13(12(4)5)14(6,9-3)11-8-2/h8,12-13H,2,7,9-11H2,1,3-6H3. The summed E-state index contributed by atoms with van der Waals surface area (Å²) in [5.41, 5.74) is 0.464. The smallest absolute Gasteiger partial charge is 0.0263 e. The van der Waals surface area contributed by atoms with Crippen LogP contribution in [0.4, 0.5) is 0 Å². The van der Waals surface area contributed by atoms with Crippen molar-refractivity contribution in [2.75, 3.05) is 0 Å². The molecule has 0 saturated carbocycles. The molecule has 0 saturated heterocycles. The molecule has 0 aromatic carbocycles. The van der Waals surface area contributed by atoms with Crippen molar-refractivity contribution in [2.24, 2.45) is 17.3 Å². The first-order valence-electron chi connectivity index (χ1n) is 6.12. The van der Waals surface area contributed by atoms with E-state index in [9.17, 15) is 0 Å². The average Bonchev–Trinajstić information content (AvgIpc) is 2.14. The third kappa shape index (κ3) is 3.48. The Kier molecular flexibility index (Phi) is 6.15. The van der Waals surface area contributed by atoms with Crippen LogP contribution in [0.3, 0.4) is 0 Å². The SMILES string of the molecule is C=CCC(C)(CC)C(CCC)C(C)C. The Morgan fingerprint density at radius 2 is 1.86 bits per heavy atom. The number of hydrogen-bond donors (Lipinski definition) is 0. The van der Waals surface area contributed by atoms with E-state index in [0.717, 1.165) is 18.3 Å². The Bertz CT molecular complexity index is 157. The first-order chi connectivity index (χ1) is 6.51. The summed E-state index contributed by atoms with van der Waals surface area (Å²) >= 11 is 0. The van der Waals surface area contributed by atoms with E-state index >= 15 is 0 Å². The Morgan fingerprint density at radius 1 is 1.29 bits per heavy atom. The van der Waals surface area contributed by atoms with Crippen molar-refractivity contribution in [3.63, 3.8) is 0 Å². The summed E-state index contributed by atoms with van der Waals surface area (Å²) in [5.74, 6) is 1.63. The fourth-order valence-electron chi connectivity index (χ4n) is 2.69. The minimum absolute atomic E-state index is 0.464. The molecule has 2 atom stereocenters. The van der Waals surface area contributed by atoms with Gasteiger partial charge in [0.1, 0.15) is 0 Å². The lowest BCUT2D eigenvalue weighted by molar-refractivity contribution is 0.120. The van der Waals surface area contributed by atoms with Gasteiger partial charge >= 0.3 is 0 Å². The van der Waals surface area contributed by atoms with Crippen LogP contribution in [0.5, 0.6) is 0 Å². The van der Waals surface area contributed by atoms with Crippen molar-refractivity contribution < 1.29 is 0 Å². The van der Waals surface area contributed by atoms with Gasteiger partial charge in [-0.1, -0.05) is 53.5 Å². The van der Waals surface area contributed by atoms with Gasteiger partial charge < -0.3 is 0 Å². The van der Waals surface area contributed by atoms with Gasteiger partial charge in [0, 0.05) is 0 Å². The minimum atomic E-state index is 0.464. The molecular formula is C14H28. The second-order valence-electron chi connectivity index (χ2n) is 5.14. The van der Waals surface area contributed by atoms with E-state index in [2.05, 4.69) is 47.3 Å². The maximum absolute atomic E-state index is 3.90. The molecule has 14 heavy (non-hydrogen) atoms. The lowest BCUT2D eigenvalue weighted by atomic mass is 9.66. The molecule has 0 rings (SSSR count). The molecule has 0 nitrogen and oxygen atoms in total. The molecule has 0 heteroatoms. The summed E-state index contributed by atoms with van der Waals surface area (Å²) in [6.07, 6.45) is 7.17. The Labute approximate surface area is 90.8 Å². The lowest BCUT2D eigenvalue weighted by Gasteiger charge is -2.39. The van der Waals surface area contributed by atoms with Crippen LogP contribution in [-0.4, -0.2) is 0 Å². The molecule has 84 valence electrons. The van der Waals surface area contributed by atoms with Gasteiger partial charge in [0.15, 0.2) is 0 Å². The monoisotopic (exact) mass is 196 g/mol. The van der Waals surface area contributed by atoms with Crippen LogP contribution in [0, 0.1) is 17.3 Å². The van der Waals surface area contributed by atoms with Crippen LogP contribution in [0.1, 0.15) is 60.3 Å². The fourth-order valence-corrected chi connectivity index (χ4v) is 2.69. The Balaban J connectivity index is 4.62. The highest BCUT2D eigenvalue weighted by atomic mass is 14.4. The fraction of sp³-hybridized carbons (Fsp3) is 0.857. The van der Waals surface area contributed by atoms with Gasteiger partial charge in [-0.3, -0.25) is 0 Å². The first kappa shape index (κ1) is 13.7. The van der Waals surface area contributed by atoms with Gasteiger partial charge in [-0.2, -0.15) is 0 Å². The predicted molar refractivity (Wildman–Crippen MR) is 66.4 cm³/mol. The van der Waals surface area contributed by atoms with Crippen molar-refractivity contribution in [3.8, 4) is 0 Å². The van der Waals surface area contributed by atoms with Gasteiger partial charge in [0.05, 0.1) is 0 Å². The molecule has 0 aliphatic carbocycles. The third-order valence-electron chi connectivity index (χ3n) is 3.72. The largest absolute Gasteiger partial charge is 0.103 e. The van der Waals surface area contributed by atoms with Crippen molar-refractivity contribution in [3.05, 3.63) is 12.7 Å². The van der Waals surface area contributed by atoms with Gasteiger partial charge in [-0.15, -0.1) is 6.58 Å². The van der Waals surface area contributed by atoms with Crippen molar-refractivity contribution in [2.45, 2.75) is 60.3 Å². The van der Waals surface area contributed by atoms with E-state index < -0.39 is 0 Å². The normalized spacial score (nSPS) is 17.9. The zero-order valence-corrected chi connectivity index (χ0v) is 10.8. The molecular weight excluding hydrogens is 168 g/mol.